The van der Waals surface area contributed by atoms with Crippen LogP contribution in [0.25, 0.3) is 0 Å². The fourth-order valence-corrected chi connectivity index (χ4v) is 0.648. The lowest BCUT2D eigenvalue weighted by atomic mass is 10.6. The quantitative estimate of drug-likeness (QED) is 0.585. The smallest absolute Gasteiger partial charge is 0.320 e. The minimum atomic E-state index is -0.470. The second-order valence-corrected chi connectivity index (χ2v) is 1.95. The highest BCUT2D eigenvalue weighted by Gasteiger charge is 2.04. The van der Waals surface area contributed by atoms with Crippen LogP contribution in [0, 0.1) is 0 Å². The lowest BCUT2D eigenvalue weighted by molar-refractivity contribution is 0.255. The molecule has 1 aromatic rings. The number of aromatic amines is 1. The Morgan fingerprint density at radius 3 is 2.90 bits per heavy atom. The van der Waals surface area contributed by atoms with E-state index in [0.717, 1.165) is 0 Å². The predicted molar refractivity (Wildman–Crippen MR) is 38.8 cm³/mol. The van der Waals surface area contributed by atoms with Gasteiger partial charge >= 0.3 is 6.03 Å². The van der Waals surface area contributed by atoms with Gasteiger partial charge in [-0.25, -0.2) is 4.79 Å². The number of carbonyl (C=O) groups excluding carboxylic acids is 1. The molecule has 0 aliphatic carbocycles. The summed E-state index contributed by atoms with van der Waals surface area (Å²) in [6, 6.07) is 3.10. The summed E-state index contributed by atoms with van der Waals surface area (Å²) in [7, 11) is 1.61. The zero-order valence-corrected chi connectivity index (χ0v) is 5.66. The molecule has 1 rings (SSSR count). The Morgan fingerprint density at radius 2 is 2.50 bits per heavy atom. The SMILES string of the molecule is CN(C(N)=O)c1ccc[nH]1. The van der Waals surface area contributed by atoms with Gasteiger partial charge in [-0.2, -0.15) is 0 Å². The maximum Gasteiger partial charge on any atom is 0.320 e. The van der Waals surface area contributed by atoms with Crippen molar-refractivity contribution in [2.24, 2.45) is 5.73 Å². The van der Waals surface area contributed by atoms with Crippen LogP contribution in [0.5, 0.6) is 0 Å². The molecule has 0 spiro atoms. The number of hydrogen-bond acceptors (Lipinski definition) is 1. The first-order chi connectivity index (χ1) is 4.72. The number of rotatable bonds is 1. The molecule has 1 heterocycles. The molecule has 0 saturated carbocycles. The molecule has 0 radical (unpaired) electrons. The first-order valence-electron chi connectivity index (χ1n) is 2.88. The number of H-pyrrole nitrogens is 1. The third-order valence-corrected chi connectivity index (χ3v) is 1.27. The summed E-state index contributed by atoms with van der Waals surface area (Å²) < 4.78 is 0. The van der Waals surface area contributed by atoms with Crippen LogP contribution in [0.2, 0.25) is 0 Å². The summed E-state index contributed by atoms with van der Waals surface area (Å²) in [5, 5.41) is 0. The molecular weight excluding hydrogens is 130 g/mol. The average molecular weight is 139 g/mol. The molecule has 0 atom stereocenters. The Balaban J connectivity index is 2.77. The number of aromatic nitrogens is 1. The minimum Gasteiger partial charge on any atom is -0.351 e. The lowest BCUT2D eigenvalue weighted by Crippen LogP contribution is -2.31. The van der Waals surface area contributed by atoms with Gasteiger partial charge in [-0.05, 0) is 12.1 Å². The number of nitrogens with two attached hydrogens (primary N) is 1. The third kappa shape index (κ3) is 1.10. The monoisotopic (exact) mass is 139 g/mol. The fraction of sp³-hybridized carbons (Fsp3) is 0.167. The molecule has 4 heteroatoms. The Labute approximate surface area is 58.6 Å². The van der Waals surface area contributed by atoms with Crippen molar-refractivity contribution in [3.05, 3.63) is 18.3 Å². The van der Waals surface area contributed by atoms with Crippen LogP contribution < -0.4 is 10.6 Å². The molecular formula is C6H9N3O. The summed E-state index contributed by atoms with van der Waals surface area (Å²) in [6.45, 7) is 0. The van der Waals surface area contributed by atoms with E-state index in [2.05, 4.69) is 4.98 Å². The summed E-state index contributed by atoms with van der Waals surface area (Å²) in [6.07, 6.45) is 1.73. The molecule has 10 heavy (non-hydrogen) atoms. The van der Waals surface area contributed by atoms with Crippen LogP contribution in [0.3, 0.4) is 0 Å². The number of amides is 2. The highest BCUT2D eigenvalue weighted by Crippen LogP contribution is 2.05. The second kappa shape index (κ2) is 2.43. The normalized spacial score (nSPS) is 9.30. The van der Waals surface area contributed by atoms with Crippen LogP contribution in [0.15, 0.2) is 18.3 Å². The Morgan fingerprint density at radius 1 is 1.80 bits per heavy atom. The van der Waals surface area contributed by atoms with Crippen LogP contribution in [-0.4, -0.2) is 18.1 Å². The molecule has 0 aliphatic rings. The van der Waals surface area contributed by atoms with Crippen molar-refractivity contribution >= 4 is 11.8 Å². The van der Waals surface area contributed by atoms with Crippen molar-refractivity contribution < 1.29 is 4.79 Å². The molecule has 2 amide bonds. The molecule has 1 aromatic heterocycles. The van der Waals surface area contributed by atoms with E-state index in [1.54, 1.807) is 25.4 Å². The van der Waals surface area contributed by atoms with Gasteiger partial charge in [0.05, 0.1) is 0 Å². The van der Waals surface area contributed by atoms with Gasteiger partial charge in [0.25, 0.3) is 0 Å². The number of carbonyl (C=O) groups is 1. The summed E-state index contributed by atoms with van der Waals surface area (Å²) >= 11 is 0. The van der Waals surface area contributed by atoms with Gasteiger partial charge in [-0.1, -0.05) is 0 Å². The molecule has 0 saturated heterocycles. The van der Waals surface area contributed by atoms with E-state index in [1.807, 2.05) is 0 Å². The van der Waals surface area contributed by atoms with E-state index in [0.29, 0.717) is 5.82 Å². The maximum absolute atomic E-state index is 10.5. The number of anilines is 1. The highest BCUT2D eigenvalue weighted by molar-refractivity contribution is 5.88. The first kappa shape index (κ1) is 6.67. The van der Waals surface area contributed by atoms with Gasteiger partial charge < -0.3 is 10.7 Å². The number of nitrogens with zero attached hydrogens (tertiary/aromatic N) is 1. The summed E-state index contributed by atoms with van der Waals surface area (Å²) in [5.74, 6) is 0.701. The van der Waals surface area contributed by atoms with E-state index in [-0.39, 0.29) is 0 Å². The Hall–Kier alpha value is -1.45. The topological polar surface area (TPSA) is 62.1 Å². The van der Waals surface area contributed by atoms with Gasteiger partial charge in [0, 0.05) is 13.2 Å². The van der Waals surface area contributed by atoms with E-state index < -0.39 is 6.03 Å². The van der Waals surface area contributed by atoms with Gasteiger partial charge in [0.2, 0.25) is 0 Å². The van der Waals surface area contributed by atoms with E-state index in [4.69, 9.17) is 5.73 Å². The van der Waals surface area contributed by atoms with Crippen molar-refractivity contribution in [2.75, 3.05) is 11.9 Å². The molecule has 54 valence electrons. The third-order valence-electron chi connectivity index (χ3n) is 1.27. The van der Waals surface area contributed by atoms with Crippen LogP contribution in [-0.2, 0) is 0 Å². The van der Waals surface area contributed by atoms with E-state index >= 15 is 0 Å². The minimum absolute atomic E-state index is 0.470. The zero-order chi connectivity index (χ0) is 7.56. The largest absolute Gasteiger partial charge is 0.351 e. The lowest BCUT2D eigenvalue weighted by Gasteiger charge is -2.10. The predicted octanol–water partition coefficient (Wildman–Crippen LogP) is 0.530. The van der Waals surface area contributed by atoms with Crippen LogP contribution in [0.4, 0.5) is 10.6 Å². The van der Waals surface area contributed by atoms with Crippen molar-refractivity contribution in [1.82, 2.24) is 4.98 Å². The maximum atomic E-state index is 10.5. The molecule has 0 unspecified atom stereocenters. The van der Waals surface area contributed by atoms with Crippen molar-refractivity contribution in [1.29, 1.82) is 0 Å². The fourth-order valence-electron chi connectivity index (χ4n) is 0.648. The molecule has 0 bridgehead atoms. The number of urea groups is 1. The van der Waals surface area contributed by atoms with Crippen LogP contribution >= 0.6 is 0 Å². The van der Waals surface area contributed by atoms with Crippen molar-refractivity contribution in [3.63, 3.8) is 0 Å². The standard InChI is InChI=1S/C6H9N3O/c1-9(6(7)10)5-3-2-4-8-5/h2-4,8H,1H3,(H2,7,10). The van der Waals surface area contributed by atoms with E-state index in [9.17, 15) is 4.79 Å². The van der Waals surface area contributed by atoms with Crippen LogP contribution in [0.1, 0.15) is 0 Å². The Kier molecular flexibility index (Phi) is 1.62. The summed E-state index contributed by atoms with van der Waals surface area (Å²) in [5.41, 5.74) is 4.99. The Bertz CT molecular complexity index is 217. The molecule has 0 aromatic carbocycles. The zero-order valence-electron chi connectivity index (χ0n) is 5.66. The molecule has 0 fully saturated rings. The van der Waals surface area contributed by atoms with Gasteiger partial charge in [0.1, 0.15) is 5.82 Å². The van der Waals surface area contributed by atoms with E-state index in [1.165, 1.54) is 4.90 Å². The summed E-state index contributed by atoms with van der Waals surface area (Å²) in [4.78, 5) is 14.7. The average Bonchev–Trinajstić information content (AvgIpc) is 2.36. The van der Waals surface area contributed by atoms with Gasteiger partial charge in [0.15, 0.2) is 0 Å². The second-order valence-electron chi connectivity index (χ2n) is 1.95. The first-order valence-corrected chi connectivity index (χ1v) is 2.88. The number of primary amides is 1. The molecule has 0 aliphatic heterocycles. The van der Waals surface area contributed by atoms with Gasteiger partial charge in [-0.15, -0.1) is 0 Å². The van der Waals surface area contributed by atoms with Gasteiger partial charge in [-0.3, -0.25) is 4.90 Å². The molecule has 3 N–H and O–H groups in total. The van der Waals surface area contributed by atoms with Crippen molar-refractivity contribution in [3.8, 4) is 0 Å². The molecule has 4 nitrogen and oxygen atoms in total. The highest BCUT2D eigenvalue weighted by atomic mass is 16.2. The van der Waals surface area contributed by atoms with Crippen molar-refractivity contribution in [2.45, 2.75) is 0 Å². The number of hydrogen-bond donors (Lipinski definition) is 2. The number of nitrogens with one attached hydrogen (secondary N) is 1.